The molecule has 0 saturated carbocycles. The summed E-state index contributed by atoms with van der Waals surface area (Å²) in [6.45, 7) is 0.736. The van der Waals surface area contributed by atoms with Crippen LogP contribution >= 0.6 is 35.6 Å². The highest BCUT2D eigenvalue weighted by atomic mass is 35.5. The van der Waals surface area contributed by atoms with Gasteiger partial charge < -0.3 is 16.2 Å². The molecule has 1 aromatic heterocycles. The van der Waals surface area contributed by atoms with Crippen LogP contribution in [-0.4, -0.2) is 22.6 Å². The number of carbonyl (C=O) groups is 1. The second-order valence-electron chi connectivity index (χ2n) is 5.09. The van der Waals surface area contributed by atoms with E-state index in [-0.39, 0.29) is 31.3 Å². The minimum Gasteiger partial charge on any atom is -0.481 e. The van der Waals surface area contributed by atoms with Crippen molar-refractivity contribution >= 4 is 47.3 Å². The second-order valence-corrected chi connectivity index (χ2v) is 5.90. The first-order valence-electron chi connectivity index (χ1n) is 7.04. The molecule has 1 atom stereocenters. The summed E-state index contributed by atoms with van der Waals surface area (Å²) in [6.07, 6.45) is 3.22. The molecule has 0 aliphatic rings. The molecule has 0 fully saturated rings. The summed E-state index contributed by atoms with van der Waals surface area (Å²) in [5, 5.41) is 13.3. The molecule has 0 amide bonds. The third-order valence-electron chi connectivity index (χ3n) is 3.49. The number of nitrogens with one attached hydrogen (secondary N) is 1. The Morgan fingerprint density at radius 3 is 2.67 bits per heavy atom. The van der Waals surface area contributed by atoms with Crippen LogP contribution in [0.3, 0.4) is 0 Å². The Morgan fingerprint density at radius 1 is 1.29 bits per heavy atom. The third-order valence-corrected chi connectivity index (χ3v) is 4.16. The summed E-state index contributed by atoms with van der Waals surface area (Å²) in [5.74, 6) is -1.14. The van der Waals surface area contributed by atoms with E-state index in [2.05, 4.69) is 10.3 Å². The Morgan fingerprint density at radius 2 is 2.04 bits per heavy atom. The van der Waals surface area contributed by atoms with E-state index < -0.39 is 5.97 Å². The molecule has 1 heterocycles. The van der Waals surface area contributed by atoms with Crippen molar-refractivity contribution in [3.63, 3.8) is 0 Å². The zero-order valence-corrected chi connectivity index (χ0v) is 15.0. The van der Waals surface area contributed by atoms with Crippen LogP contribution in [0.25, 0.3) is 0 Å². The maximum atomic E-state index is 10.9. The minimum absolute atomic E-state index is 0. The molecule has 0 bridgehead atoms. The molecule has 0 unspecified atom stereocenters. The highest BCUT2D eigenvalue weighted by molar-refractivity contribution is 6.33. The lowest BCUT2D eigenvalue weighted by molar-refractivity contribution is -0.137. The molecule has 0 radical (unpaired) electrons. The molecule has 8 heteroatoms. The molecule has 2 aromatic rings. The summed E-state index contributed by atoms with van der Waals surface area (Å²) in [7, 11) is 0. The van der Waals surface area contributed by atoms with Crippen molar-refractivity contribution in [2.45, 2.75) is 18.9 Å². The minimum atomic E-state index is -0.881. The molecule has 130 valence electrons. The summed E-state index contributed by atoms with van der Waals surface area (Å²) < 4.78 is 0. The lowest BCUT2D eigenvalue weighted by Crippen LogP contribution is -2.16. The number of benzene rings is 1. The van der Waals surface area contributed by atoms with Crippen molar-refractivity contribution in [3.05, 3.63) is 57.8 Å². The maximum absolute atomic E-state index is 10.9. The van der Waals surface area contributed by atoms with Gasteiger partial charge >= 0.3 is 5.97 Å². The van der Waals surface area contributed by atoms with Gasteiger partial charge in [-0.1, -0.05) is 29.3 Å². The Balaban J connectivity index is 0.00000288. The van der Waals surface area contributed by atoms with Crippen LogP contribution in [0.5, 0.6) is 0 Å². The molecular formula is C16H18Cl3N3O2. The van der Waals surface area contributed by atoms with Gasteiger partial charge in [0.15, 0.2) is 0 Å². The van der Waals surface area contributed by atoms with Crippen LogP contribution < -0.4 is 11.1 Å². The molecule has 0 aliphatic heterocycles. The van der Waals surface area contributed by atoms with E-state index in [9.17, 15) is 4.79 Å². The number of pyridine rings is 1. The number of carboxylic acids is 1. The van der Waals surface area contributed by atoms with Crippen LogP contribution in [0, 0.1) is 0 Å². The zero-order chi connectivity index (χ0) is 16.8. The summed E-state index contributed by atoms with van der Waals surface area (Å²) >= 11 is 12.3. The SMILES string of the molecule is Cl.NC[C@H](CC(=O)O)c1ccc(Cl)c(NCc2ccncc2Cl)c1. The van der Waals surface area contributed by atoms with Crippen molar-refractivity contribution in [2.75, 3.05) is 11.9 Å². The smallest absolute Gasteiger partial charge is 0.304 e. The number of nitrogens with zero attached hydrogens (tertiary/aromatic N) is 1. The van der Waals surface area contributed by atoms with Crippen LogP contribution in [0.15, 0.2) is 36.7 Å². The van der Waals surface area contributed by atoms with Gasteiger partial charge in [-0.3, -0.25) is 9.78 Å². The standard InChI is InChI=1S/C16H17Cl2N3O2.ClH/c17-13-2-1-10(12(7-19)6-16(22)23)5-15(13)21-8-11-3-4-20-9-14(11)18;/h1-5,9,12,21H,6-8,19H2,(H,22,23);1H/t12-;/m0./s1. The van der Waals surface area contributed by atoms with E-state index >= 15 is 0 Å². The average Bonchev–Trinajstić information content (AvgIpc) is 2.53. The topological polar surface area (TPSA) is 88.2 Å². The molecule has 0 saturated heterocycles. The van der Waals surface area contributed by atoms with Crippen molar-refractivity contribution in [1.29, 1.82) is 0 Å². The monoisotopic (exact) mass is 389 g/mol. The van der Waals surface area contributed by atoms with E-state index in [0.29, 0.717) is 22.3 Å². The quantitative estimate of drug-likeness (QED) is 0.666. The third kappa shape index (κ3) is 5.53. The van der Waals surface area contributed by atoms with E-state index in [1.54, 1.807) is 24.5 Å². The molecule has 0 aliphatic carbocycles. The van der Waals surface area contributed by atoms with E-state index in [4.69, 9.17) is 34.0 Å². The van der Waals surface area contributed by atoms with Gasteiger partial charge in [0.2, 0.25) is 0 Å². The Labute approximate surface area is 156 Å². The first kappa shape index (κ1) is 20.5. The van der Waals surface area contributed by atoms with Gasteiger partial charge in [0.1, 0.15) is 0 Å². The fourth-order valence-corrected chi connectivity index (χ4v) is 2.59. The molecule has 1 aromatic carbocycles. The largest absolute Gasteiger partial charge is 0.481 e. The number of aliphatic carboxylic acids is 1. The summed E-state index contributed by atoms with van der Waals surface area (Å²) in [5.41, 5.74) is 8.12. The van der Waals surface area contributed by atoms with Crippen LogP contribution in [0.4, 0.5) is 5.69 Å². The van der Waals surface area contributed by atoms with Crippen molar-refractivity contribution in [1.82, 2.24) is 4.98 Å². The summed E-state index contributed by atoms with van der Waals surface area (Å²) in [4.78, 5) is 14.9. The Bertz CT molecular complexity index is 698. The van der Waals surface area contributed by atoms with E-state index in [1.807, 2.05) is 12.1 Å². The molecule has 0 spiro atoms. The first-order valence-corrected chi connectivity index (χ1v) is 7.80. The average molecular weight is 391 g/mol. The number of hydrogen-bond acceptors (Lipinski definition) is 4. The predicted octanol–water partition coefficient (Wildman–Crippen LogP) is 3.94. The van der Waals surface area contributed by atoms with Crippen LogP contribution in [0.1, 0.15) is 23.5 Å². The maximum Gasteiger partial charge on any atom is 0.304 e. The fourth-order valence-electron chi connectivity index (χ4n) is 2.22. The number of hydrogen-bond donors (Lipinski definition) is 3. The van der Waals surface area contributed by atoms with Crippen LogP contribution in [0.2, 0.25) is 10.0 Å². The molecular weight excluding hydrogens is 373 g/mol. The molecule has 5 nitrogen and oxygen atoms in total. The number of halogens is 3. The molecule has 2 rings (SSSR count). The number of anilines is 1. The highest BCUT2D eigenvalue weighted by Crippen LogP contribution is 2.29. The van der Waals surface area contributed by atoms with Gasteiger partial charge in [-0.05, 0) is 35.9 Å². The number of nitrogens with two attached hydrogens (primary N) is 1. The second kappa shape index (κ2) is 9.69. The summed E-state index contributed by atoms with van der Waals surface area (Å²) in [6, 6.07) is 7.18. The number of rotatable bonds is 7. The van der Waals surface area contributed by atoms with Crippen molar-refractivity contribution in [2.24, 2.45) is 5.73 Å². The number of aromatic nitrogens is 1. The Hall–Kier alpha value is -1.53. The lowest BCUT2D eigenvalue weighted by Gasteiger charge is -2.16. The van der Waals surface area contributed by atoms with E-state index in [1.165, 1.54) is 0 Å². The van der Waals surface area contributed by atoms with E-state index in [0.717, 1.165) is 11.1 Å². The fraction of sp³-hybridized carbons (Fsp3) is 0.250. The normalized spacial score (nSPS) is 11.5. The first-order chi connectivity index (χ1) is 11.0. The van der Waals surface area contributed by atoms with Gasteiger partial charge in [-0.15, -0.1) is 12.4 Å². The lowest BCUT2D eigenvalue weighted by atomic mass is 9.95. The Kier molecular flexibility index (Phi) is 8.28. The van der Waals surface area contributed by atoms with Crippen LogP contribution in [-0.2, 0) is 11.3 Å². The molecule has 4 N–H and O–H groups in total. The predicted molar refractivity (Wildman–Crippen MR) is 99.3 cm³/mol. The van der Waals surface area contributed by atoms with Gasteiger partial charge in [0.25, 0.3) is 0 Å². The number of carboxylic acid groups (broad SMARTS) is 1. The van der Waals surface area contributed by atoms with Gasteiger partial charge in [0, 0.05) is 24.9 Å². The highest BCUT2D eigenvalue weighted by Gasteiger charge is 2.15. The van der Waals surface area contributed by atoms with Gasteiger partial charge in [0.05, 0.1) is 22.2 Å². The van der Waals surface area contributed by atoms with Crippen molar-refractivity contribution < 1.29 is 9.90 Å². The van der Waals surface area contributed by atoms with Gasteiger partial charge in [-0.25, -0.2) is 0 Å². The van der Waals surface area contributed by atoms with Crippen molar-refractivity contribution in [3.8, 4) is 0 Å². The van der Waals surface area contributed by atoms with Gasteiger partial charge in [-0.2, -0.15) is 0 Å². The molecule has 24 heavy (non-hydrogen) atoms. The zero-order valence-electron chi connectivity index (χ0n) is 12.7.